The third kappa shape index (κ3) is 1.37. The second kappa shape index (κ2) is 2.85. The molecule has 2 unspecified atom stereocenters. The zero-order valence-corrected chi connectivity index (χ0v) is 8.54. The maximum absolute atomic E-state index is 3.56. The average Bonchev–Trinajstić information content (AvgIpc) is 2.81. The van der Waals surface area contributed by atoms with Crippen LogP contribution >= 0.6 is 0 Å². The maximum Gasteiger partial charge on any atom is 0.0509 e. The van der Waals surface area contributed by atoms with Gasteiger partial charge >= 0.3 is 0 Å². The van der Waals surface area contributed by atoms with Crippen LogP contribution in [0.15, 0.2) is 30.3 Å². The fourth-order valence-corrected chi connectivity index (χ4v) is 1.84. The lowest BCUT2D eigenvalue weighted by Gasteiger charge is -2.12. The van der Waals surface area contributed by atoms with E-state index in [0.717, 1.165) is 0 Å². The normalized spacial score (nSPS) is 32.2. The molecule has 1 N–H and O–H groups in total. The Kier molecular flexibility index (Phi) is 1.92. The van der Waals surface area contributed by atoms with Crippen LogP contribution in [0.25, 0.3) is 0 Å². The highest BCUT2D eigenvalue weighted by molar-refractivity contribution is 5.31. The number of benzene rings is 1. The monoisotopic (exact) mass is 175 g/mol. The SMILES string of the molecule is CC(C)C1(C)NC1c1ccccc1. The molecule has 70 valence electrons. The summed E-state index contributed by atoms with van der Waals surface area (Å²) in [6, 6.07) is 11.2. The molecule has 0 saturated carbocycles. The first-order valence-electron chi connectivity index (χ1n) is 4.97. The molecule has 1 nitrogen and oxygen atoms in total. The van der Waals surface area contributed by atoms with Crippen LogP contribution in [0.1, 0.15) is 32.4 Å². The van der Waals surface area contributed by atoms with Crippen molar-refractivity contribution >= 4 is 0 Å². The number of hydrogen-bond acceptors (Lipinski definition) is 1. The van der Waals surface area contributed by atoms with E-state index in [2.05, 4.69) is 56.4 Å². The molecule has 1 aliphatic rings. The van der Waals surface area contributed by atoms with Crippen molar-refractivity contribution in [3.05, 3.63) is 35.9 Å². The van der Waals surface area contributed by atoms with Crippen molar-refractivity contribution < 1.29 is 0 Å². The summed E-state index contributed by atoms with van der Waals surface area (Å²) in [6.45, 7) is 6.85. The van der Waals surface area contributed by atoms with Gasteiger partial charge in [0, 0.05) is 5.54 Å². The second-order valence-electron chi connectivity index (χ2n) is 4.43. The van der Waals surface area contributed by atoms with E-state index in [0.29, 0.717) is 17.5 Å². The zero-order valence-electron chi connectivity index (χ0n) is 8.54. The smallest absolute Gasteiger partial charge is 0.0509 e. The molecule has 1 saturated heterocycles. The van der Waals surface area contributed by atoms with Gasteiger partial charge in [-0.2, -0.15) is 0 Å². The van der Waals surface area contributed by atoms with Gasteiger partial charge in [0.1, 0.15) is 0 Å². The first-order valence-corrected chi connectivity index (χ1v) is 4.97. The quantitative estimate of drug-likeness (QED) is 0.686. The van der Waals surface area contributed by atoms with Crippen LogP contribution in [0.4, 0.5) is 0 Å². The van der Waals surface area contributed by atoms with Gasteiger partial charge < -0.3 is 5.32 Å². The fourth-order valence-electron chi connectivity index (χ4n) is 1.84. The van der Waals surface area contributed by atoms with E-state index in [1.54, 1.807) is 0 Å². The van der Waals surface area contributed by atoms with Gasteiger partial charge in [-0.3, -0.25) is 0 Å². The Bertz CT molecular complexity index is 291. The molecule has 0 amide bonds. The molecular weight excluding hydrogens is 158 g/mol. The molecule has 1 aromatic rings. The molecule has 2 rings (SSSR count). The van der Waals surface area contributed by atoms with Crippen LogP contribution in [0.2, 0.25) is 0 Å². The van der Waals surface area contributed by atoms with E-state index >= 15 is 0 Å². The van der Waals surface area contributed by atoms with E-state index in [-0.39, 0.29) is 0 Å². The number of hydrogen-bond donors (Lipinski definition) is 1. The molecule has 1 heteroatoms. The van der Waals surface area contributed by atoms with E-state index in [1.165, 1.54) is 5.56 Å². The Balaban J connectivity index is 2.16. The van der Waals surface area contributed by atoms with Gasteiger partial charge in [-0.05, 0) is 18.4 Å². The average molecular weight is 175 g/mol. The highest BCUT2D eigenvalue weighted by Crippen LogP contribution is 2.45. The van der Waals surface area contributed by atoms with Gasteiger partial charge in [-0.15, -0.1) is 0 Å². The molecule has 2 atom stereocenters. The van der Waals surface area contributed by atoms with Gasteiger partial charge in [0.25, 0.3) is 0 Å². The Labute approximate surface area is 80.2 Å². The molecule has 0 aliphatic carbocycles. The van der Waals surface area contributed by atoms with E-state index < -0.39 is 0 Å². The Hall–Kier alpha value is -0.820. The summed E-state index contributed by atoms with van der Waals surface area (Å²) in [5.74, 6) is 0.692. The minimum atomic E-state index is 0.321. The van der Waals surface area contributed by atoms with Crippen LogP contribution in [-0.4, -0.2) is 5.54 Å². The highest BCUT2D eigenvalue weighted by Gasteiger charge is 2.51. The summed E-state index contributed by atoms with van der Waals surface area (Å²) in [5, 5.41) is 3.56. The van der Waals surface area contributed by atoms with Crippen LogP contribution in [-0.2, 0) is 0 Å². The van der Waals surface area contributed by atoms with Gasteiger partial charge in [0.15, 0.2) is 0 Å². The molecule has 13 heavy (non-hydrogen) atoms. The third-order valence-corrected chi connectivity index (χ3v) is 3.30. The Morgan fingerprint density at radius 2 is 1.85 bits per heavy atom. The topological polar surface area (TPSA) is 21.9 Å². The largest absolute Gasteiger partial charge is 0.301 e. The van der Waals surface area contributed by atoms with Crippen molar-refractivity contribution in [3.63, 3.8) is 0 Å². The van der Waals surface area contributed by atoms with Crippen molar-refractivity contribution in [3.8, 4) is 0 Å². The summed E-state index contributed by atoms with van der Waals surface area (Å²) in [6.07, 6.45) is 0. The molecule has 1 fully saturated rings. The van der Waals surface area contributed by atoms with Crippen LogP contribution in [0.3, 0.4) is 0 Å². The molecule has 0 spiro atoms. The van der Waals surface area contributed by atoms with E-state index in [9.17, 15) is 0 Å². The van der Waals surface area contributed by atoms with Crippen LogP contribution in [0, 0.1) is 5.92 Å². The summed E-state index contributed by atoms with van der Waals surface area (Å²) in [4.78, 5) is 0. The summed E-state index contributed by atoms with van der Waals surface area (Å²) >= 11 is 0. The first-order chi connectivity index (χ1) is 6.14. The molecule has 1 aliphatic heterocycles. The van der Waals surface area contributed by atoms with Gasteiger partial charge in [-0.25, -0.2) is 0 Å². The van der Waals surface area contributed by atoms with Crippen LogP contribution in [0.5, 0.6) is 0 Å². The predicted octanol–water partition coefficient (Wildman–Crippen LogP) is 2.75. The lowest BCUT2D eigenvalue weighted by molar-refractivity contribution is 0.474. The summed E-state index contributed by atoms with van der Waals surface area (Å²) in [7, 11) is 0. The first kappa shape index (κ1) is 8.76. The van der Waals surface area contributed by atoms with Crippen molar-refractivity contribution in [1.82, 2.24) is 5.32 Å². The van der Waals surface area contributed by atoms with Gasteiger partial charge in [0.2, 0.25) is 0 Å². The lowest BCUT2D eigenvalue weighted by Crippen LogP contribution is -2.18. The Morgan fingerprint density at radius 1 is 1.23 bits per heavy atom. The van der Waals surface area contributed by atoms with Crippen LogP contribution < -0.4 is 5.32 Å². The number of rotatable bonds is 2. The van der Waals surface area contributed by atoms with Crippen molar-refractivity contribution in [2.24, 2.45) is 5.92 Å². The molecule has 0 radical (unpaired) electrons. The molecular formula is C12H17N. The fraction of sp³-hybridized carbons (Fsp3) is 0.500. The zero-order chi connectivity index (χ0) is 9.47. The second-order valence-corrected chi connectivity index (χ2v) is 4.43. The highest BCUT2D eigenvalue weighted by atomic mass is 15.2. The molecule has 0 aromatic heterocycles. The number of nitrogens with one attached hydrogen (secondary N) is 1. The van der Waals surface area contributed by atoms with E-state index in [1.807, 2.05) is 0 Å². The third-order valence-electron chi connectivity index (χ3n) is 3.30. The predicted molar refractivity (Wildman–Crippen MR) is 55.6 cm³/mol. The maximum atomic E-state index is 3.56. The van der Waals surface area contributed by atoms with Crippen molar-refractivity contribution in [1.29, 1.82) is 0 Å². The van der Waals surface area contributed by atoms with Gasteiger partial charge in [0.05, 0.1) is 6.04 Å². The minimum absolute atomic E-state index is 0.321. The van der Waals surface area contributed by atoms with E-state index in [4.69, 9.17) is 0 Å². The van der Waals surface area contributed by atoms with Crippen molar-refractivity contribution in [2.75, 3.05) is 0 Å². The standard InChI is InChI=1S/C12H17N/c1-9(2)12(3)11(13-12)10-7-5-4-6-8-10/h4-9,11,13H,1-3H3. The van der Waals surface area contributed by atoms with Crippen molar-refractivity contribution in [2.45, 2.75) is 32.4 Å². The summed E-state index contributed by atoms with van der Waals surface area (Å²) < 4.78 is 0. The Morgan fingerprint density at radius 3 is 2.31 bits per heavy atom. The van der Waals surface area contributed by atoms with Gasteiger partial charge in [-0.1, -0.05) is 44.2 Å². The minimum Gasteiger partial charge on any atom is -0.301 e. The molecule has 1 aromatic carbocycles. The lowest BCUT2D eigenvalue weighted by atomic mass is 9.91. The summed E-state index contributed by atoms with van der Waals surface area (Å²) in [5.41, 5.74) is 1.74. The molecule has 0 bridgehead atoms. The molecule has 1 heterocycles.